The molecule has 1 aliphatic rings. The number of hydrogen-bond acceptors (Lipinski definition) is 5. The van der Waals surface area contributed by atoms with Crippen LogP contribution in [-0.2, 0) is 9.59 Å². The maximum absolute atomic E-state index is 12.2. The molecule has 140 valence electrons. The minimum absolute atomic E-state index is 0.205. The Hall–Kier alpha value is -2.91. The van der Waals surface area contributed by atoms with Gasteiger partial charge in [-0.15, -0.1) is 0 Å². The molecule has 0 atom stereocenters. The number of halogens is 1. The summed E-state index contributed by atoms with van der Waals surface area (Å²) in [5, 5.41) is 9.23. The third-order valence-electron chi connectivity index (χ3n) is 4.17. The van der Waals surface area contributed by atoms with Gasteiger partial charge in [0.25, 0.3) is 11.1 Å². The maximum atomic E-state index is 12.2. The number of carboxylic acids is 1. The number of imide groups is 1. The van der Waals surface area contributed by atoms with Crippen molar-refractivity contribution >= 4 is 61.9 Å². The Kier molecular flexibility index (Phi) is 4.78. The average Bonchev–Trinajstić information content (AvgIpc) is 3.20. The van der Waals surface area contributed by atoms with Crippen molar-refractivity contribution < 1.29 is 19.5 Å². The lowest BCUT2D eigenvalue weighted by molar-refractivity contribution is -0.140. The molecule has 0 saturated carbocycles. The second kappa shape index (κ2) is 7.25. The predicted octanol–water partition coefficient (Wildman–Crippen LogP) is 3.91. The number of carbonyl (C=O) groups is 3. The molecule has 0 radical (unpaired) electrons. The SMILES string of the molecule is O=C(O)CN1C(=O)S/C(=C/c2ccc(-n3ccc4c(Br)ccnc43)cc2)C1=O. The summed E-state index contributed by atoms with van der Waals surface area (Å²) in [5.41, 5.74) is 2.45. The van der Waals surface area contributed by atoms with Gasteiger partial charge in [-0.05, 0) is 63.6 Å². The first-order valence-electron chi connectivity index (χ1n) is 8.13. The molecule has 0 bridgehead atoms. The largest absolute Gasteiger partial charge is 0.480 e. The lowest BCUT2D eigenvalue weighted by Crippen LogP contribution is -2.33. The number of rotatable bonds is 4. The summed E-state index contributed by atoms with van der Waals surface area (Å²) in [4.78, 5) is 40.2. The van der Waals surface area contributed by atoms with Crippen molar-refractivity contribution in [1.82, 2.24) is 14.5 Å². The lowest BCUT2D eigenvalue weighted by atomic mass is 10.2. The lowest BCUT2D eigenvalue weighted by Gasteiger charge is -2.08. The number of hydrogen-bond donors (Lipinski definition) is 1. The van der Waals surface area contributed by atoms with E-state index in [4.69, 9.17) is 5.11 Å². The van der Waals surface area contributed by atoms with Crippen molar-refractivity contribution in [2.75, 3.05) is 6.54 Å². The second-order valence-corrected chi connectivity index (χ2v) is 7.82. The number of pyridine rings is 1. The topological polar surface area (TPSA) is 92.5 Å². The van der Waals surface area contributed by atoms with Gasteiger partial charge in [-0.25, -0.2) is 4.98 Å². The smallest absolute Gasteiger partial charge is 0.323 e. The molecule has 4 rings (SSSR count). The Morgan fingerprint density at radius 3 is 2.64 bits per heavy atom. The fraction of sp³-hybridized carbons (Fsp3) is 0.0526. The molecule has 1 N–H and O–H groups in total. The van der Waals surface area contributed by atoms with Crippen LogP contribution in [0.25, 0.3) is 22.8 Å². The molecule has 1 aromatic carbocycles. The van der Waals surface area contributed by atoms with E-state index < -0.39 is 23.7 Å². The second-order valence-electron chi connectivity index (χ2n) is 5.97. The van der Waals surface area contributed by atoms with Crippen LogP contribution < -0.4 is 0 Å². The Morgan fingerprint density at radius 2 is 1.93 bits per heavy atom. The van der Waals surface area contributed by atoms with E-state index in [1.165, 1.54) is 0 Å². The van der Waals surface area contributed by atoms with Gasteiger partial charge >= 0.3 is 5.97 Å². The van der Waals surface area contributed by atoms with Crippen LogP contribution in [0.3, 0.4) is 0 Å². The Balaban J connectivity index is 1.61. The summed E-state index contributed by atoms with van der Waals surface area (Å²) in [6, 6.07) is 11.3. The van der Waals surface area contributed by atoms with Crippen LogP contribution in [0.15, 0.2) is 58.2 Å². The maximum Gasteiger partial charge on any atom is 0.323 e. The van der Waals surface area contributed by atoms with Crippen LogP contribution in [-0.4, -0.2) is 43.2 Å². The van der Waals surface area contributed by atoms with Gasteiger partial charge in [0.05, 0.1) is 4.91 Å². The first kappa shape index (κ1) is 18.5. The predicted molar refractivity (Wildman–Crippen MR) is 109 cm³/mol. The van der Waals surface area contributed by atoms with Crippen LogP contribution in [0.4, 0.5) is 4.79 Å². The monoisotopic (exact) mass is 457 g/mol. The van der Waals surface area contributed by atoms with E-state index >= 15 is 0 Å². The molecule has 1 aliphatic heterocycles. The highest BCUT2D eigenvalue weighted by Crippen LogP contribution is 2.32. The highest BCUT2D eigenvalue weighted by Gasteiger charge is 2.36. The highest BCUT2D eigenvalue weighted by atomic mass is 79.9. The minimum atomic E-state index is -1.23. The third kappa shape index (κ3) is 3.34. The van der Waals surface area contributed by atoms with Crippen LogP contribution in [0.2, 0.25) is 0 Å². The number of benzene rings is 1. The molecule has 0 spiro atoms. The molecule has 9 heteroatoms. The van der Waals surface area contributed by atoms with E-state index in [0.717, 1.165) is 43.4 Å². The van der Waals surface area contributed by atoms with Gasteiger partial charge in [-0.3, -0.25) is 19.3 Å². The van der Waals surface area contributed by atoms with E-state index in [2.05, 4.69) is 20.9 Å². The summed E-state index contributed by atoms with van der Waals surface area (Å²) in [5.74, 6) is -1.82. The number of fused-ring (bicyclic) bond motifs is 1. The van der Waals surface area contributed by atoms with Gasteiger partial charge in [0, 0.05) is 27.9 Å². The fourth-order valence-electron chi connectivity index (χ4n) is 2.87. The third-order valence-corrected chi connectivity index (χ3v) is 5.77. The summed E-state index contributed by atoms with van der Waals surface area (Å²) >= 11 is 4.25. The van der Waals surface area contributed by atoms with Gasteiger partial charge < -0.3 is 9.67 Å². The fourth-order valence-corrected chi connectivity index (χ4v) is 4.13. The van der Waals surface area contributed by atoms with Crippen molar-refractivity contribution in [3.05, 3.63) is 63.7 Å². The summed E-state index contributed by atoms with van der Waals surface area (Å²) in [7, 11) is 0. The van der Waals surface area contributed by atoms with Crippen molar-refractivity contribution in [3.63, 3.8) is 0 Å². The summed E-state index contributed by atoms with van der Waals surface area (Å²) in [6.07, 6.45) is 5.23. The molecule has 7 nitrogen and oxygen atoms in total. The molecule has 3 heterocycles. The number of aromatic nitrogens is 2. The molecule has 1 saturated heterocycles. The van der Waals surface area contributed by atoms with E-state index in [-0.39, 0.29) is 4.91 Å². The molecule has 28 heavy (non-hydrogen) atoms. The first-order chi connectivity index (χ1) is 13.4. The van der Waals surface area contributed by atoms with Crippen LogP contribution in [0.1, 0.15) is 5.56 Å². The van der Waals surface area contributed by atoms with Gasteiger partial charge in [0.15, 0.2) is 0 Å². The molecular formula is C19H12BrN3O4S. The molecule has 2 aromatic heterocycles. The van der Waals surface area contributed by atoms with Gasteiger partial charge in [0.2, 0.25) is 0 Å². The highest BCUT2D eigenvalue weighted by molar-refractivity contribution is 9.10. The molecule has 1 fully saturated rings. The van der Waals surface area contributed by atoms with Gasteiger partial charge in [-0.2, -0.15) is 0 Å². The zero-order valence-electron chi connectivity index (χ0n) is 14.2. The Bertz CT molecular complexity index is 1150. The molecule has 3 aromatic rings. The van der Waals surface area contributed by atoms with E-state index in [1.807, 2.05) is 47.2 Å². The Morgan fingerprint density at radius 1 is 1.18 bits per heavy atom. The summed E-state index contributed by atoms with van der Waals surface area (Å²) in [6.45, 7) is -0.635. The van der Waals surface area contributed by atoms with Gasteiger partial charge in [0.1, 0.15) is 12.2 Å². The average molecular weight is 458 g/mol. The number of thioether (sulfide) groups is 1. The van der Waals surface area contributed by atoms with Crippen LogP contribution >= 0.6 is 27.7 Å². The van der Waals surface area contributed by atoms with Crippen LogP contribution in [0.5, 0.6) is 0 Å². The number of aliphatic carboxylic acids is 1. The number of amides is 2. The van der Waals surface area contributed by atoms with Crippen molar-refractivity contribution in [3.8, 4) is 5.69 Å². The Labute approximate surface area is 171 Å². The molecule has 0 aliphatic carbocycles. The van der Waals surface area contributed by atoms with E-state index in [9.17, 15) is 14.4 Å². The minimum Gasteiger partial charge on any atom is -0.480 e. The standard InChI is InChI=1S/C19H12BrN3O4S/c20-14-5-7-21-17-13(14)6-8-22(17)12-3-1-11(2-4-12)9-15-18(26)23(10-16(24)25)19(27)28-15/h1-9H,10H2,(H,24,25)/b15-9+. The van der Waals surface area contributed by atoms with E-state index in [0.29, 0.717) is 0 Å². The molecular weight excluding hydrogens is 446 g/mol. The molecule has 2 amide bonds. The number of nitrogens with zero attached hydrogens (tertiary/aromatic N) is 3. The number of carbonyl (C=O) groups excluding carboxylic acids is 2. The first-order valence-corrected chi connectivity index (χ1v) is 9.74. The van der Waals surface area contributed by atoms with Crippen molar-refractivity contribution in [2.45, 2.75) is 0 Å². The van der Waals surface area contributed by atoms with Crippen molar-refractivity contribution in [1.29, 1.82) is 0 Å². The zero-order chi connectivity index (χ0) is 19.8. The van der Waals surface area contributed by atoms with Crippen molar-refractivity contribution in [2.24, 2.45) is 0 Å². The summed E-state index contributed by atoms with van der Waals surface area (Å²) < 4.78 is 2.91. The molecule has 0 unspecified atom stereocenters. The number of carboxylic acid groups (broad SMARTS) is 1. The van der Waals surface area contributed by atoms with Crippen LogP contribution in [0, 0.1) is 0 Å². The van der Waals surface area contributed by atoms with Gasteiger partial charge in [-0.1, -0.05) is 12.1 Å². The zero-order valence-corrected chi connectivity index (χ0v) is 16.6. The normalized spacial score (nSPS) is 15.8. The quantitative estimate of drug-likeness (QED) is 0.597. The van der Waals surface area contributed by atoms with E-state index in [1.54, 1.807) is 12.3 Å².